The van der Waals surface area contributed by atoms with Crippen LogP contribution in [-0.4, -0.2) is 40.7 Å². The third kappa shape index (κ3) is 2.96. The van der Waals surface area contributed by atoms with Crippen molar-refractivity contribution in [2.45, 2.75) is 25.4 Å². The Labute approximate surface area is 128 Å². The minimum absolute atomic E-state index is 0.416. The fourth-order valence-electron chi connectivity index (χ4n) is 2.75. The van der Waals surface area contributed by atoms with E-state index >= 15 is 0 Å². The zero-order valence-corrected chi connectivity index (χ0v) is 12.4. The predicted octanol–water partition coefficient (Wildman–Crippen LogP) is 2.40. The quantitative estimate of drug-likeness (QED) is 0.914. The molecule has 2 heterocycles. The SMILES string of the molecule is COc1ccc(-c2nc(CN3CCC[C@H]3C(=O)O)co2)cc1. The van der Waals surface area contributed by atoms with Crippen LogP contribution in [0.1, 0.15) is 18.5 Å². The highest BCUT2D eigenvalue weighted by molar-refractivity contribution is 5.73. The highest BCUT2D eigenvalue weighted by Crippen LogP contribution is 2.24. The molecule has 6 nitrogen and oxygen atoms in total. The van der Waals surface area contributed by atoms with Crippen LogP contribution in [0.15, 0.2) is 34.9 Å². The van der Waals surface area contributed by atoms with E-state index in [-0.39, 0.29) is 0 Å². The van der Waals surface area contributed by atoms with Crippen LogP contribution in [-0.2, 0) is 11.3 Å². The molecular weight excluding hydrogens is 284 g/mol. The average Bonchev–Trinajstić information content (AvgIpc) is 3.17. The lowest BCUT2D eigenvalue weighted by molar-refractivity contribution is -0.142. The molecule has 1 atom stereocenters. The van der Waals surface area contributed by atoms with Crippen LogP contribution >= 0.6 is 0 Å². The molecule has 2 aromatic rings. The molecule has 1 aromatic heterocycles. The van der Waals surface area contributed by atoms with Gasteiger partial charge in [-0.3, -0.25) is 9.69 Å². The van der Waals surface area contributed by atoms with Gasteiger partial charge in [0.15, 0.2) is 0 Å². The number of carboxylic acid groups (broad SMARTS) is 1. The Morgan fingerprint density at radius 2 is 2.23 bits per heavy atom. The fraction of sp³-hybridized carbons (Fsp3) is 0.375. The van der Waals surface area contributed by atoms with E-state index in [9.17, 15) is 9.90 Å². The van der Waals surface area contributed by atoms with Gasteiger partial charge < -0.3 is 14.3 Å². The van der Waals surface area contributed by atoms with Crippen LogP contribution < -0.4 is 4.74 Å². The molecule has 0 spiro atoms. The monoisotopic (exact) mass is 302 g/mol. The molecule has 6 heteroatoms. The maximum absolute atomic E-state index is 11.2. The minimum atomic E-state index is -0.767. The zero-order chi connectivity index (χ0) is 15.5. The van der Waals surface area contributed by atoms with Gasteiger partial charge in [-0.25, -0.2) is 4.98 Å². The summed E-state index contributed by atoms with van der Waals surface area (Å²) in [5.74, 6) is 0.539. The summed E-state index contributed by atoms with van der Waals surface area (Å²) in [6, 6.07) is 7.04. The fourth-order valence-corrected chi connectivity index (χ4v) is 2.75. The molecule has 0 aliphatic carbocycles. The van der Waals surface area contributed by atoms with Crippen molar-refractivity contribution in [1.82, 2.24) is 9.88 Å². The molecule has 3 rings (SSSR count). The summed E-state index contributed by atoms with van der Waals surface area (Å²) < 4.78 is 10.6. The molecule has 0 radical (unpaired) electrons. The van der Waals surface area contributed by atoms with Gasteiger partial charge in [-0.05, 0) is 43.7 Å². The molecule has 22 heavy (non-hydrogen) atoms. The number of nitrogens with zero attached hydrogens (tertiary/aromatic N) is 2. The summed E-state index contributed by atoms with van der Waals surface area (Å²) in [7, 11) is 1.62. The first-order chi connectivity index (χ1) is 10.7. The van der Waals surface area contributed by atoms with Crippen molar-refractivity contribution >= 4 is 5.97 Å². The van der Waals surface area contributed by atoms with Crippen molar-refractivity contribution in [3.8, 4) is 17.2 Å². The van der Waals surface area contributed by atoms with Gasteiger partial charge in [-0.1, -0.05) is 0 Å². The topological polar surface area (TPSA) is 75.8 Å². The largest absolute Gasteiger partial charge is 0.497 e. The number of oxazole rings is 1. The van der Waals surface area contributed by atoms with Crippen LogP contribution in [0.3, 0.4) is 0 Å². The second kappa shape index (κ2) is 6.19. The molecule has 0 amide bonds. The summed E-state index contributed by atoms with van der Waals surface area (Å²) in [6.07, 6.45) is 3.19. The van der Waals surface area contributed by atoms with E-state index in [0.29, 0.717) is 18.9 Å². The van der Waals surface area contributed by atoms with Crippen molar-refractivity contribution in [3.05, 3.63) is 36.2 Å². The van der Waals surface area contributed by atoms with E-state index in [1.165, 1.54) is 0 Å². The third-order valence-corrected chi connectivity index (χ3v) is 3.90. The summed E-state index contributed by atoms with van der Waals surface area (Å²) in [5.41, 5.74) is 1.61. The molecule has 1 N–H and O–H groups in total. The number of benzene rings is 1. The van der Waals surface area contributed by atoms with E-state index in [1.54, 1.807) is 13.4 Å². The van der Waals surface area contributed by atoms with Gasteiger partial charge in [0.2, 0.25) is 5.89 Å². The Hall–Kier alpha value is -2.34. The minimum Gasteiger partial charge on any atom is -0.497 e. The Morgan fingerprint density at radius 1 is 1.45 bits per heavy atom. The maximum atomic E-state index is 11.2. The smallest absolute Gasteiger partial charge is 0.320 e. The number of hydrogen-bond acceptors (Lipinski definition) is 5. The highest BCUT2D eigenvalue weighted by Gasteiger charge is 2.30. The number of carboxylic acids is 1. The molecule has 1 fully saturated rings. The first kappa shape index (κ1) is 14.6. The first-order valence-corrected chi connectivity index (χ1v) is 7.23. The van der Waals surface area contributed by atoms with Gasteiger partial charge in [-0.2, -0.15) is 0 Å². The standard InChI is InChI=1S/C16H18N2O4/c1-21-13-6-4-11(5-7-13)15-17-12(10-22-15)9-18-8-2-3-14(18)16(19)20/h4-7,10,14H,2-3,8-9H2,1H3,(H,19,20)/t14-/m0/s1. The van der Waals surface area contributed by atoms with Gasteiger partial charge in [0.05, 0.1) is 12.8 Å². The number of likely N-dealkylation sites (tertiary alicyclic amines) is 1. The van der Waals surface area contributed by atoms with Gasteiger partial charge in [0.1, 0.15) is 18.1 Å². The number of carbonyl (C=O) groups is 1. The normalized spacial score (nSPS) is 18.5. The van der Waals surface area contributed by atoms with Gasteiger partial charge in [0, 0.05) is 12.1 Å². The van der Waals surface area contributed by atoms with Gasteiger partial charge in [-0.15, -0.1) is 0 Å². The zero-order valence-electron chi connectivity index (χ0n) is 12.4. The lowest BCUT2D eigenvalue weighted by Gasteiger charge is -2.19. The second-order valence-electron chi connectivity index (χ2n) is 5.34. The Bertz CT molecular complexity index is 650. The van der Waals surface area contributed by atoms with Crippen molar-refractivity contribution < 1.29 is 19.1 Å². The molecule has 0 bridgehead atoms. The summed E-state index contributed by atoms with van der Waals surface area (Å²) in [5, 5.41) is 9.20. The van der Waals surface area contributed by atoms with Crippen molar-refractivity contribution in [3.63, 3.8) is 0 Å². The molecule has 0 unspecified atom stereocenters. The van der Waals surface area contributed by atoms with E-state index in [0.717, 1.165) is 30.0 Å². The number of hydrogen-bond donors (Lipinski definition) is 1. The Balaban J connectivity index is 1.72. The number of ether oxygens (including phenoxy) is 1. The van der Waals surface area contributed by atoms with Crippen molar-refractivity contribution in [2.75, 3.05) is 13.7 Å². The molecular formula is C16H18N2O4. The molecule has 1 aliphatic rings. The number of aromatic nitrogens is 1. The molecule has 116 valence electrons. The molecule has 0 saturated carbocycles. The maximum Gasteiger partial charge on any atom is 0.320 e. The summed E-state index contributed by atoms with van der Waals surface area (Å²) >= 11 is 0. The van der Waals surface area contributed by atoms with E-state index < -0.39 is 12.0 Å². The number of rotatable bonds is 5. The number of methoxy groups -OCH3 is 1. The van der Waals surface area contributed by atoms with Crippen molar-refractivity contribution in [1.29, 1.82) is 0 Å². The van der Waals surface area contributed by atoms with E-state index in [4.69, 9.17) is 9.15 Å². The lowest BCUT2D eigenvalue weighted by Crippen LogP contribution is -2.35. The van der Waals surface area contributed by atoms with Gasteiger partial charge in [0.25, 0.3) is 0 Å². The average molecular weight is 302 g/mol. The van der Waals surface area contributed by atoms with Crippen LogP contribution in [0.25, 0.3) is 11.5 Å². The van der Waals surface area contributed by atoms with Crippen LogP contribution in [0.5, 0.6) is 5.75 Å². The Kier molecular flexibility index (Phi) is 4.11. The summed E-state index contributed by atoms with van der Waals surface area (Å²) in [6.45, 7) is 1.28. The molecule has 1 aromatic carbocycles. The van der Waals surface area contributed by atoms with Crippen molar-refractivity contribution in [2.24, 2.45) is 0 Å². The second-order valence-corrected chi connectivity index (χ2v) is 5.34. The summed E-state index contributed by atoms with van der Waals surface area (Å²) in [4.78, 5) is 17.6. The van der Waals surface area contributed by atoms with E-state index in [2.05, 4.69) is 4.98 Å². The lowest BCUT2D eigenvalue weighted by atomic mass is 10.2. The van der Waals surface area contributed by atoms with Crippen LogP contribution in [0.2, 0.25) is 0 Å². The van der Waals surface area contributed by atoms with Crippen LogP contribution in [0.4, 0.5) is 0 Å². The predicted molar refractivity (Wildman–Crippen MR) is 79.6 cm³/mol. The first-order valence-electron chi connectivity index (χ1n) is 7.23. The highest BCUT2D eigenvalue weighted by atomic mass is 16.5. The number of aliphatic carboxylic acids is 1. The van der Waals surface area contributed by atoms with Gasteiger partial charge >= 0.3 is 5.97 Å². The third-order valence-electron chi connectivity index (χ3n) is 3.90. The molecule has 1 aliphatic heterocycles. The Morgan fingerprint density at radius 3 is 2.91 bits per heavy atom. The van der Waals surface area contributed by atoms with E-state index in [1.807, 2.05) is 29.2 Å². The molecule has 1 saturated heterocycles. The van der Waals surface area contributed by atoms with Crippen LogP contribution in [0, 0.1) is 0 Å².